The number of hydrogen-bond donors (Lipinski definition) is 2. The van der Waals surface area contributed by atoms with Crippen LogP contribution in [0.2, 0.25) is 0 Å². The molecule has 0 fully saturated rings. The molecule has 0 saturated heterocycles. The van der Waals surface area contributed by atoms with Gasteiger partial charge in [0.25, 0.3) is 0 Å². The van der Waals surface area contributed by atoms with Crippen LogP contribution in [-0.4, -0.2) is 38.9 Å². The van der Waals surface area contributed by atoms with Crippen LogP contribution in [0.25, 0.3) is 0 Å². The van der Waals surface area contributed by atoms with E-state index in [4.69, 9.17) is 14.2 Å². The van der Waals surface area contributed by atoms with Gasteiger partial charge in [-0.3, -0.25) is 4.99 Å². The van der Waals surface area contributed by atoms with Crippen molar-refractivity contribution in [1.82, 2.24) is 10.6 Å². The molecule has 0 amide bonds. The topological polar surface area (TPSA) is 64.1 Å². The van der Waals surface area contributed by atoms with Crippen molar-refractivity contribution in [1.29, 1.82) is 0 Å². The number of hydrogen-bond acceptors (Lipinski definition) is 4. The number of guanidine groups is 1. The molecule has 2 rings (SSSR count). The molecule has 0 aliphatic heterocycles. The van der Waals surface area contributed by atoms with E-state index in [1.165, 1.54) is 0 Å². The summed E-state index contributed by atoms with van der Waals surface area (Å²) in [4.78, 5) is 4.31. The second-order valence-corrected chi connectivity index (χ2v) is 7.59. The van der Waals surface area contributed by atoms with Crippen molar-refractivity contribution in [2.45, 2.75) is 39.5 Å². The van der Waals surface area contributed by atoms with Gasteiger partial charge in [-0.25, -0.2) is 0 Å². The molecule has 2 aromatic rings. The second kappa shape index (κ2) is 13.3. The van der Waals surface area contributed by atoms with E-state index in [1.807, 2.05) is 57.2 Å². The highest BCUT2D eigenvalue weighted by Gasteiger charge is 2.14. The maximum absolute atomic E-state index is 6.06. The Kier molecular flexibility index (Phi) is 11.6. The molecule has 0 heterocycles. The standard InChI is InChI=1S/C23H33N3O3.HI/c1-23(2,3)29-21-12-7-6-10-19(21)17-26-22(24-4)25-16-18-9-8-11-20(15-18)28-14-13-27-5;/h6-12,15H,13-14,16-17H2,1-5H3,(H2,24,25,26);1H. The number of aliphatic imine (C=N–C) groups is 1. The first-order chi connectivity index (χ1) is 13.9. The third kappa shape index (κ3) is 9.67. The third-order valence-corrected chi connectivity index (χ3v) is 3.97. The van der Waals surface area contributed by atoms with Gasteiger partial charge in [-0.15, -0.1) is 24.0 Å². The molecule has 30 heavy (non-hydrogen) atoms. The normalized spacial score (nSPS) is 11.4. The second-order valence-electron chi connectivity index (χ2n) is 7.59. The molecule has 0 aromatic heterocycles. The zero-order valence-corrected chi connectivity index (χ0v) is 20.9. The largest absolute Gasteiger partial charge is 0.491 e. The number of nitrogens with one attached hydrogen (secondary N) is 2. The summed E-state index contributed by atoms with van der Waals surface area (Å²) in [5, 5.41) is 6.69. The van der Waals surface area contributed by atoms with Crippen LogP contribution in [0.3, 0.4) is 0 Å². The molecule has 2 aromatic carbocycles. The summed E-state index contributed by atoms with van der Waals surface area (Å²) in [6.07, 6.45) is 0. The van der Waals surface area contributed by atoms with E-state index in [9.17, 15) is 0 Å². The molecular formula is C23H34IN3O3. The molecular weight excluding hydrogens is 493 g/mol. The Bertz CT molecular complexity index is 791. The van der Waals surface area contributed by atoms with Crippen molar-refractivity contribution in [3.63, 3.8) is 0 Å². The van der Waals surface area contributed by atoms with Crippen LogP contribution >= 0.6 is 24.0 Å². The summed E-state index contributed by atoms with van der Waals surface area (Å²) in [6, 6.07) is 16.0. The molecule has 0 saturated carbocycles. The number of para-hydroxylation sites is 1. The van der Waals surface area contributed by atoms with Crippen LogP contribution in [0.1, 0.15) is 31.9 Å². The number of methoxy groups -OCH3 is 1. The molecule has 0 bridgehead atoms. The van der Waals surface area contributed by atoms with E-state index in [2.05, 4.69) is 27.8 Å². The van der Waals surface area contributed by atoms with E-state index in [-0.39, 0.29) is 29.6 Å². The Balaban J connectivity index is 0.00000450. The summed E-state index contributed by atoms with van der Waals surface area (Å²) in [5.74, 6) is 2.43. The fourth-order valence-electron chi connectivity index (χ4n) is 2.65. The highest BCUT2D eigenvalue weighted by Crippen LogP contribution is 2.22. The van der Waals surface area contributed by atoms with Crippen LogP contribution < -0.4 is 20.1 Å². The van der Waals surface area contributed by atoms with E-state index >= 15 is 0 Å². The van der Waals surface area contributed by atoms with Crippen LogP contribution in [-0.2, 0) is 17.8 Å². The van der Waals surface area contributed by atoms with Crippen LogP contribution in [0.5, 0.6) is 11.5 Å². The number of halogens is 1. The van der Waals surface area contributed by atoms with Crippen molar-refractivity contribution in [2.24, 2.45) is 4.99 Å². The molecule has 6 nitrogen and oxygen atoms in total. The summed E-state index contributed by atoms with van der Waals surface area (Å²) < 4.78 is 16.7. The van der Waals surface area contributed by atoms with Crippen molar-refractivity contribution < 1.29 is 14.2 Å². The van der Waals surface area contributed by atoms with Gasteiger partial charge >= 0.3 is 0 Å². The molecule has 7 heteroatoms. The molecule has 0 aliphatic carbocycles. The smallest absolute Gasteiger partial charge is 0.191 e. The van der Waals surface area contributed by atoms with Gasteiger partial charge < -0.3 is 24.8 Å². The molecule has 0 aliphatic rings. The number of rotatable bonds is 9. The summed E-state index contributed by atoms with van der Waals surface area (Å²) >= 11 is 0. The Morgan fingerprint density at radius 1 is 0.967 bits per heavy atom. The average molecular weight is 527 g/mol. The first-order valence-electron chi connectivity index (χ1n) is 9.83. The Hall–Kier alpha value is -2.00. The zero-order chi connectivity index (χ0) is 21.1. The predicted molar refractivity (Wildman–Crippen MR) is 133 cm³/mol. The first-order valence-corrected chi connectivity index (χ1v) is 9.83. The van der Waals surface area contributed by atoms with Gasteiger partial charge in [0.05, 0.1) is 6.61 Å². The molecule has 0 radical (unpaired) electrons. The lowest BCUT2D eigenvalue weighted by Crippen LogP contribution is -2.36. The van der Waals surface area contributed by atoms with Gasteiger partial charge in [-0.1, -0.05) is 30.3 Å². The number of nitrogens with zero attached hydrogens (tertiary/aromatic N) is 1. The van der Waals surface area contributed by atoms with E-state index in [1.54, 1.807) is 14.2 Å². The maximum Gasteiger partial charge on any atom is 0.191 e. The zero-order valence-electron chi connectivity index (χ0n) is 18.5. The Morgan fingerprint density at radius 2 is 1.70 bits per heavy atom. The minimum atomic E-state index is -0.244. The van der Waals surface area contributed by atoms with Crippen molar-refractivity contribution in [2.75, 3.05) is 27.4 Å². The molecule has 0 unspecified atom stereocenters. The van der Waals surface area contributed by atoms with Crippen molar-refractivity contribution >= 4 is 29.9 Å². The summed E-state index contributed by atoms with van der Waals surface area (Å²) in [6.45, 7) is 8.50. The van der Waals surface area contributed by atoms with E-state index in [0.29, 0.717) is 26.3 Å². The fraction of sp³-hybridized carbons (Fsp3) is 0.435. The molecule has 2 N–H and O–H groups in total. The summed E-state index contributed by atoms with van der Waals surface area (Å²) in [5.41, 5.74) is 1.95. The first kappa shape index (κ1) is 26.0. The van der Waals surface area contributed by atoms with Crippen molar-refractivity contribution in [3.05, 3.63) is 59.7 Å². The van der Waals surface area contributed by atoms with Crippen molar-refractivity contribution in [3.8, 4) is 11.5 Å². The summed E-state index contributed by atoms with van der Waals surface area (Å²) in [7, 11) is 3.42. The minimum Gasteiger partial charge on any atom is -0.491 e. The van der Waals surface area contributed by atoms with Gasteiger partial charge in [0.15, 0.2) is 5.96 Å². The lowest BCUT2D eigenvalue weighted by atomic mass is 10.1. The Morgan fingerprint density at radius 3 is 2.40 bits per heavy atom. The lowest BCUT2D eigenvalue weighted by molar-refractivity contribution is 0.129. The fourth-order valence-corrected chi connectivity index (χ4v) is 2.65. The quantitative estimate of drug-likeness (QED) is 0.220. The molecule has 166 valence electrons. The lowest BCUT2D eigenvalue weighted by Gasteiger charge is -2.23. The molecule has 0 atom stereocenters. The molecule has 0 spiro atoms. The van der Waals surface area contributed by atoms with Gasteiger partial charge in [-0.05, 0) is 44.5 Å². The van der Waals surface area contributed by atoms with Gasteiger partial charge in [0.1, 0.15) is 23.7 Å². The highest BCUT2D eigenvalue weighted by molar-refractivity contribution is 14.0. The minimum absolute atomic E-state index is 0. The van der Waals surface area contributed by atoms with E-state index in [0.717, 1.165) is 28.6 Å². The monoisotopic (exact) mass is 527 g/mol. The average Bonchev–Trinajstić information content (AvgIpc) is 2.68. The van der Waals surface area contributed by atoms with Crippen LogP contribution in [0, 0.1) is 0 Å². The maximum atomic E-state index is 6.06. The van der Waals surface area contributed by atoms with Gasteiger partial charge in [0, 0.05) is 32.8 Å². The number of ether oxygens (including phenoxy) is 3. The third-order valence-electron chi connectivity index (χ3n) is 3.97. The number of benzene rings is 2. The van der Waals surface area contributed by atoms with Gasteiger partial charge in [-0.2, -0.15) is 0 Å². The van der Waals surface area contributed by atoms with Crippen LogP contribution in [0.15, 0.2) is 53.5 Å². The van der Waals surface area contributed by atoms with E-state index < -0.39 is 0 Å². The highest BCUT2D eigenvalue weighted by atomic mass is 127. The SMILES string of the molecule is CN=C(NCc1cccc(OCCOC)c1)NCc1ccccc1OC(C)(C)C.I. The van der Waals surface area contributed by atoms with Gasteiger partial charge in [0.2, 0.25) is 0 Å². The van der Waals surface area contributed by atoms with Crippen LogP contribution in [0.4, 0.5) is 0 Å². The Labute approximate surface area is 197 Å². The predicted octanol–water partition coefficient (Wildman–Crippen LogP) is 4.37.